The number of hydrogen-bond acceptors (Lipinski definition) is 2. The Hall–Kier alpha value is -1.57. The van der Waals surface area contributed by atoms with Gasteiger partial charge in [-0.1, -0.05) is 0 Å². The molecule has 0 heterocycles. The Morgan fingerprint density at radius 1 is 0.758 bits per heavy atom. The van der Waals surface area contributed by atoms with E-state index in [1.165, 1.54) is 33.6 Å². The fraction of sp³-hybridized carbons (Fsp3) is 0.483. The second kappa shape index (κ2) is 12.2. The molecular formula is C29H41AsN2Si. The number of nitrogens with zero attached hydrogens (tertiary/aromatic N) is 2. The van der Waals surface area contributed by atoms with Crippen LogP contribution in [0.1, 0.15) is 115 Å². The summed E-state index contributed by atoms with van der Waals surface area (Å²) in [6.45, 7) is 22.5. The van der Waals surface area contributed by atoms with Crippen molar-refractivity contribution >= 4 is 40.5 Å². The van der Waals surface area contributed by atoms with E-state index in [2.05, 4.69) is 132 Å². The van der Waals surface area contributed by atoms with Gasteiger partial charge in [0.1, 0.15) is 0 Å². The number of para-hydroxylation sites is 2. The van der Waals surface area contributed by atoms with Gasteiger partial charge in [-0.05, 0) is 0 Å². The number of benzene rings is 2. The van der Waals surface area contributed by atoms with Crippen molar-refractivity contribution in [3.63, 3.8) is 0 Å². The predicted octanol–water partition coefficient (Wildman–Crippen LogP) is 8.39. The third-order valence-electron chi connectivity index (χ3n) is 6.07. The summed E-state index contributed by atoms with van der Waals surface area (Å²) in [6.07, 6.45) is 2.25. The van der Waals surface area contributed by atoms with Crippen molar-refractivity contribution < 1.29 is 0 Å². The van der Waals surface area contributed by atoms with E-state index in [1.807, 2.05) is 0 Å². The molecule has 0 unspecified atom stereocenters. The first-order chi connectivity index (χ1) is 15.5. The normalized spacial score (nSPS) is 12.9. The monoisotopic (exact) mass is 520 g/mol. The van der Waals surface area contributed by atoms with Crippen LogP contribution in [0.2, 0.25) is 0 Å². The molecule has 0 saturated carbocycles. The van der Waals surface area contributed by atoms with Crippen LogP contribution in [0.4, 0.5) is 11.4 Å². The van der Waals surface area contributed by atoms with E-state index in [0.29, 0.717) is 31.4 Å². The van der Waals surface area contributed by atoms with Gasteiger partial charge in [-0.15, -0.1) is 0 Å². The molecule has 0 saturated heterocycles. The van der Waals surface area contributed by atoms with E-state index in [0.717, 1.165) is 11.4 Å². The second-order valence-corrected chi connectivity index (χ2v) is 12.1. The topological polar surface area (TPSA) is 15.6 Å². The van der Waals surface area contributed by atoms with Crippen LogP contribution >= 0.6 is 0 Å². The van der Waals surface area contributed by atoms with Crippen LogP contribution in [0.15, 0.2) is 53.2 Å². The van der Waals surface area contributed by atoms with E-state index in [-0.39, 0.29) is 0 Å². The van der Waals surface area contributed by atoms with Crippen molar-refractivity contribution in [2.24, 2.45) is 4.99 Å². The van der Waals surface area contributed by atoms with Gasteiger partial charge in [0.05, 0.1) is 0 Å². The molecule has 0 aliphatic carbocycles. The third-order valence-corrected chi connectivity index (χ3v) is 8.10. The first kappa shape index (κ1) is 27.7. The van der Waals surface area contributed by atoms with Crippen LogP contribution in [0, 0.1) is 0 Å². The zero-order valence-electron chi connectivity index (χ0n) is 22.2. The fourth-order valence-corrected chi connectivity index (χ4v) is 6.49. The fourth-order valence-electron chi connectivity index (χ4n) is 4.29. The second-order valence-electron chi connectivity index (χ2n) is 10.2. The number of hydrogen-bond donors (Lipinski definition) is 0. The summed E-state index contributed by atoms with van der Waals surface area (Å²) < 4.78 is 2.47. The van der Waals surface area contributed by atoms with Crippen molar-refractivity contribution in [3.8, 4) is 0 Å². The molecule has 0 spiro atoms. The average molecular weight is 521 g/mol. The van der Waals surface area contributed by atoms with Crippen molar-refractivity contribution in [1.29, 1.82) is 0 Å². The van der Waals surface area contributed by atoms with Crippen molar-refractivity contribution in [2.45, 2.75) is 92.9 Å². The number of allylic oxidation sites excluding steroid dienone is 2. The standard InChI is InChI=1S/C29H41AsN2Si/c1-18(2)24-13-11-14-25(19(3)4)28(24)31-22(9)17-23(10)32(33-30)29-26(20(5)6)15-12-16-27(29)21(7)8/h11-21H,1-10H3/b23-17+,31-22?. The molecule has 33 heavy (non-hydrogen) atoms. The molecule has 0 atom stereocenters. The number of aliphatic imine (C=N–C) groups is 1. The molecule has 4 heteroatoms. The zero-order valence-corrected chi connectivity index (χ0v) is 25.1. The Bertz CT molecular complexity index is 979. The van der Waals surface area contributed by atoms with Gasteiger partial charge in [0, 0.05) is 0 Å². The van der Waals surface area contributed by atoms with Gasteiger partial charge in [0.25, 0.3) is 0 Å². The molecule has 0 aliphatic heterocycles. The minimum absolute atomic E-state index is 0.442. The predicted molar refractivity (Wildman–Crippen MR) is 150 cm³/mol. The summed E-state index contributed by atoms with van der Waals surface area (Å²) in [6, 6.07) is 13.4. The van der Waals surface area contributed by atoms with Crippen molar-refractivity contribution in [2.75, 3.05) is 4.57 Å². The Morgan fingerprint density at radius 3 is 1.52 bits per heavy atom. The minimum atomic E-state index is 0.442. The summed E-state index contributed by atoms with van der Waals surface area (Å²) in [7, 11) is 0.587. The molecule has 0 fully saturated rings. The number of anilines is 1. The molecule has 2 aromatic carbocycles. The van der Waals surface area contributed by atoms with Gasteiger partial charge in [-0.3, -0.25) is 0 Å². The summed E-state index contributed by atoms with van der Waals surface area (Å²) in [5.74, 6) is 1.83. The van der Waals surface area contributed by atoms with E-state index < -0.39 is 0 Å². The van der Waals surface area contributed by atoms with Gasteiger partial charge in [0.15, 0.2) is 0 Å². The van der Waals surface area contributed by atoms with E-state index >= 15 is 0 Å². The molecule has 0 aliphatic rings. The van der Waals surface area contributed by atoms with E-state index in [4.69, 9.17) is 4.99 Å². The first-order valence-corrected chi connectivity index (χ1v) is 15.9. The van der Waals surface area contributed by atoms with Gasteiger partial charge in [0.2, 0.25) is 0 Å². The van der Waals surface area contributed by atoms with Crippen LogP contribution in [0.3, 0.4) is 0 Å². The van der Waals surface area contributed by atoms with E-state index in [9.17, 15) is 0 Å². The Balaban J connectivity index is 2.62. The summed E-state index contributed by atoms with van der Waals surface area (Å²) in [5, 5.41) is 0. The van der Waals surface area contributed by atoms with Crippen LogP contribution < -0.4 is 4.57 Å². The molecule has 0 amide bonds. The summed E-state index contributed by atoms with van der Waals surface area (Å²) >= 11 is 2.79. The zero-order chi connectivity index (χ0) is 24.9. The van der Waals surface area contributed by atoms with Gasteiger partial charge < -0.3 is 0 Å². The Labute approximate surface area is 212 Å². The SMILES string of the molecule is CC(/C=C(\C)N([Si]=[As])c1c(C(C)C)cccc1C(C)C)=Nc1c(C(C)C)cccc1C(C)C. The molecule has 2 radical (unpaired) electrons. The molecule has 2 nitrogen and oxygen atoms in total. The van der Waals surface area contributed by atoms with Gasteiger partial charge in [-0.25, -0.2) is 0 Å². The van der Waals surface area contributed by atoms with Crippen LogP contribution in [-0.4, -0.2) is 29.1 Å². The molecule has 0 bridgehead atoms. The van der Waals surface area contributed by atoms with Gasteiger partial charge >= 0.3 is 213 Å². The maximum atomic E-state index is 5.18. The number of rotatable bonds is 9. The van der Waals surface area contributed by atoms with E-state index in [1.54, 1.807) is 0 Å². The van der Waals surface area contributed by atoms with Crippen molar-refractivity contribution in [3.05, 3.63) is 70.4 Å². The first-order valence-electron chi connectivity index (χ1n) is 12.2. The summed E-state index contributed by atoms with van der Waals surface area (Å²) in [4.78, 5) is 5.18. The Morgan fingerprint density at radius 2 is 1.15 bits per heavy atom. The molecule has 176 valence electrons. The molecule has 0 aromatic heterocycles. The molecule has 2 rings (SSSR count). The Kier molecular flexibility index (Phi) is 10.2. The third kappa shape index (κ3) is 6.73. The van der Waals surface area contributed by atoms with Crippen LogP contribution in [-0.2, 0) is 0 Å². The maximum absolute atomic E-state index is 5.18. The molecule has 2 aromatic rings. The molecular weight excluding hydrogens is 479 g/mol. The van der Waals surface area contributed by atoms with Crippen LogP contribution in [0.5, 0.6) is 0 Å². The van der Waals surface area contributed by atoms with Crippen LogP contribution in [0.25, 0.3) is 0 Å². The molecule has 0 N–H and O–H groups in total. The quantitative estimate of drug-likeness (QED) is 0.239. The average Bonchev–Trinajstić information content (AvgIpc) is 2.73. The van der Waals surface area contributed by atoms with Gasteiger partial charge in [-0.2, -0.15) is 0 Å². The summed E-state index contributed by atoms with van der Waals surface area (Å²) in [5.41, 5.74) is 10.3. The van der Waals surface area contributed by atoms with Crippen molar-refractivity contribution in [1.82, 2.24) is 0 Å².